The molecule has 1 aliphatic heterocycles. The average Bonchev–Trinajstić information content (AvgIpc) is 2.94. The first-order valence-electron chi connectivity index (χ1n) is 8.35. The van der Waals surface area contributed by atoms with Gasteiger partial charge < -0.3 is 4.90 Å². The van der Waals surface area contributed by atoms with Gasteiger partial charge in [-0.25, -0.2) is 0 Å². The van der Waals surface area contributed by atoms with Crippen LogP contribution in [0.1, 0.15) is 52.4 Å². The Labute approximate surface area is 134 Å². The van der Waals surface area contributed by atoms with E-state index in [1.54, 1.807) is 7.05 Å². The fraction of sp³-hybridized carbons (Fsp3) is 0.933. The van der Waals surface area contributed by atoms with Crippen LogP contribution in [0.4, 0.5) is 0 Å². The Morgan fingerprint density at radius 2 is 1.82 bits per heavy atom. The molecule has 0 radical (unpaired) electrons. The topological polar surface area (TPSA) is 69.7 Å². The van der Waals surface area contributed by atoms with Gasteiger partial charge in [0.2, 0.25) is 5.91 Å². The van der Waals surface area contributed by atoms with Gasteiger partial charge in [-0.05, 0) is 33.1 Å². The van der Waals surface area contributed by atoms with Crippen LogP contribution < -0.4 is 4.72 Å². The zero-order valence-electron chi connectivity index (χ0n) is 13.9. The highest BCUT2D eigenvalue weighted by Crippen LogP contribution is 2.27. The second-order valence-electron chi connectivity index (χ2n) is 6.84. The molecule has 1 heterocycles. The van der Waals surface area contributed by atoms with E-state index >= 15 is 0 Å². The van der Waals surface area contributed by atoms with E-state index in [0.717, 1.165) is 25.7 Å². The summed E-state index contributed by atoms with van der Waals surface area (Å²) in [6.07, 6.45) is 6.18. The fourth-order valence-corrected chi connectivity index (χ4v) is 4.57. The van der Waals surface area contributed by atoms with Gasteiger partial charge in [0.25, 0.3) is 10.2 Å². The van der Waals surface area contributed by atoms with Gasteiger partial charge in [-0.15, -0.1) is 0 Å². The number of hydrogen-bond acceptors (Lipinski definition) is 3. The molecular formula is C15H29N3O3S. The number of nitrogens with zero attached hydrogens (tertiary/aromatic N) is 2. The second kappa shape index (κ2) is 7.27. The van der Waals surface area contributed by atoms with Gasteiger partial charge in [0, 0.05) is 38.1 Å². The third-order valence-electron chi connectivity index (χ3n) is 4.88. The standard InChI is InChI=1S/C15H29N3O3S/c1-12(2)17(3)22(20,21)16-14-9-10-18(11-14)15(19)13-7-5-4-6-8-13/h12-14,16H,4-11H2,1-3H3/t14-/m0/s1. The molecule has 2 aliphatic rings. The molecule has 7 heteroatoms. The van der Waals surface area contributed by atoms with Crippen LogP contribution in [0.15, 0.2) is 0 Å². The molecule has 0 bridgehead atoms. The Hall–Kier alpha value is -0.660. The SMILES string of the molecule is CC(C)N(C)S(=O)(=O)N[C@H]1CCN(C(=O)C2CCCCC2)C1. The second-order valence-corrected chi connectivity index (χ2v) is 8.60. The van der Waals surface area contributed by atoms with Gasteiger partial charge >= 0.3 is 0 Å². The van der Waals surface area contributed by atoms with Crippen LogP contribution in [0.5, 0.6) is 0 Å². The molecule has 2 rings (SSSR count). The van der Waals surface area contributed by atoms with Crippen molar-refractivity contribution in [2.45, 2.75) is 64.5 Å². The number of hydrogen-bond donors (Lipinski definition) is 1. The first-order chi connectivity index (χ1) is 10.3. The van der Waals surface area contributed by atoms with Crippen molar-refractivity contribution in [1.82, 2.24) is 13.9 Å². The van der Waals surface area contributed by atoms with E-state index in [9.17, 15) is 13.2 Å². The summed E-state index contributed by atoms with van der Waals surface area (Å²) in [7, 11) is -1.90. The van der Waals surface area contributed by atoms with Crippen molar-refractivity contribution in [1.29, 1.82) is 0 Å². The van der Waals surface area contributed by atoms with Crippen LogP contribution in [-0.2, 0) is 15.0 Å². The Balaban J connectivity index is 1.88. The molecule has 0 spiro atoms. The monoisotopic (exact) mass is 331 g/mol. The fourth-order valence-electron chi connectivity index (χ4n) is 3.24. The van der Waals surface area contributed by atoms with Crippen molar-refractivity contribution in [3.63, 3.8) is 0 Å². The lowest BCUT2D eigenvalue weighted by atomic mass is 9.88. The molecule has 22 heavy (non-hydrogen) atoms. The molecule has 0 aromatic rings. The zero-order chi connectivity index (χ0) is 16.3. The smallest absolute Gasteiger partial charge is 0.279 e. The van der Waals surface area contributed by atoms with E-state index in [1.165, 1.54) is 10.7 Å². The highest BCUT2D eigenvalue weighted by molar-refractivity contribution is 7.87. The van der Waals surface area contributed by atoms with Gasteiger partial charge in [-0.3, -0.25) is 4.79 Å². The lowest BCUT2D eigenvalue weighted by molar-refractivity contribution is -0.135. The number of nitrogens with one attached hydrogen (secondary N) is 1. The van der Waals surface area contributed by atoms with Crippen LogP contribution >= 0.6 is 0 Å². The van der Waals surface area contributed by atoms with E-state index < -0.39 is 10.2 Å². The number of carbonyl (C=O) groups is 1. The van der Waals surface area contributed by atoms with E-state index in [1.807, 2.05) is 18.7 Å². The average molecular weight is 331 g/mol. The van der Waals surface area contributed by atoms with E-state index in [-0.39, 0.29) is 23.9 Å². The maximum Gasteiger partial charge on any atom is 0.279 e. The Bertz CT molecular complexity index is 486. The number of likely N-dealkylation sites (tertiary alicyclic amines) is 1. The zero-order valence-corrected chi connectivity index (χ0v) is 14.7. The van der Waals surface area contributed by atoms with Gasteiger partial charge in [0.05, 0.1) is 0 Å². The Morgan fingerprint density at radius 3 is 2.41 bits per heavy atom. The summed E-state index contributed by atoms with van der Waals surface area (Å²) >= 11 is 0. The van der Waals surface area contributed by atoms with Crippen LogP contribution in [0.3, 0.4) is 0 Å². The Morgan fingerprint density at radius 1 is 1.18 bits per heavy atom. The van der Waals surface area contributed by atoms with Crippen molar-refractivity contribution in [2.24, 2.45) is 5.92 Å². The minimum atomic E-state index is -3.47. The van der Waals surface area contributed by atoms with Crippen molar-refractivity contribution < 1.29 is 13.2 Å². The largest absolute Gasteiger partial charge is 0.341 e. The van der Waals surface area contributed by atoms with E-state index in [4.69, 9.17) is 0 Å². The van der Waals surface area contributed by atoms with E-state index in [2.05, 4.69) is 4.72 Å². The molecule has 128 valence electrons. The predicted molar refractivity (Wildman–Crippen MR) is 86.5 cm³/mol. The molecule has 1 aliphatic carbocycles. The molecule has 0 aromatic heterocycles. The molecule has 2 fully saturated rings. The van der Waals surface area contributed by atoms with Crippen LogP contribution in [0.2, 0.25) is 0 Å². The van der Waals surface area contributed by atoms with Gasteiger partial charge in [0.15, 0.2) is 0 Å². The summed E-state index contributed by atoms with van der Waals surface area (Å²) in [5.74, 6) is 0.376. The van der Waals surface area contributed by atoms with Gasteiger partial charge in [-0.1, -0.05) is 19.3 Å². The summed E-state index contributed by atoms with van der Waals surface area (Å²) in [6.45, 7) is 4.84. The quantitative estimate of drug-likeness (QED) is 0.826. The lowest BCUT2D eigenvalue weighted by Gasteiger charge is -2.27. The summed E-state index contributed by atoms with van der Waals surface area (Å²) < 4.78 is 28.5. The molecule has 1 amide bonds. The molecule has 1 N–H and O–H groups in total. The number of amides is 1. The molecule has 1 atom stereocenters. The van der Waals surface area contributed by atoms with Gasteiger partial charge in [0.1, 0.15) is 0 Å². The molecule has 0 aromatic carbocycles. The minimum Gasteiger partial charge on any atom is -0.341 e. The summed E-state index contributed by atoms with van der Waals surface area (Å²) in [4.78, 5) is 14.3. The molecule has 6 nitrogen and oxygen atoms in total. The molecule has 1 saturated carbocycles. The minimum absolute atomic E-state index is 0.0844. The van der Waals surface area contributed by atoms with Crippen molar-refractivity contribution in [2.75, 3.05) is 20.1 Å². The summed E-state index contributed by atoms with van der Waals surface area (Å²) in [5, 5.41) is 0. The third kappa shape index (κ3) is 4.20. The highest BCUT2D eigenvalue weighted by Gasteiger charge is 2.34. The molecule has 1 saturated heterocycles. The first kappa shape index (κ1) is 17.7. The lowest BCUT2D eigenvalue weighted by Crippen LogP contribution is -2.47. The van der Waals surface area contributed by atoms with Gasteiger partial charge in [-0.2, -0.15) is 17.4 Å². The van der Waals surface area contributed by atoms with Crippen molar-refractivity contribution >= 4 is 16.1 Å². The van der Waals surface area contributed by atoms with Crippen LogP contribution in [-0.4, -0.2) is 55.8 Å². The summed E-state index contributed by atoms with van der Waals surface area (Å²) in [5.41, 5.74) is 0. The van der Waals surface area contributed by atoms with E-state index in [0.29, 0.717) is 19.5 Å². The first-order valence-corrected chi connectivity index (χ1v) is 9.79. The predicted octanol–water partition coefficient (Wildman–Crippen LogP) is 1.34. The summed E-state index contributed by atoms with van der Waals surface area (Å²) in [6, 6.07) is -0.252. The maximum absolute atomic E-state index is 12.5. The Kier molecular flexibility index (Phi) is 5.85. The maximum atomic E-state index is 12.5. The number of rotatable bonds is 5. The number of carbonyl (C=O) groups excluding carboxylic acids is 1. The molecule has 0 unspecified atom stereocenters. The van der Waals surface area contributed by atoms with Crippen molar-refractivity contribution in [3.8, 4) is 0 Å². The van der Waals surface area contributed by atoms with Crippen LogP contribution in [0, 0.1) is 5.92 Å². The normalized spacial score (nSPS) is 24.4. The van der Waals surface area contributed by atoms with Crippen molar-refractivity contribution in [3.05, 3.63) is 0 Å². The molecular weight excluding hydrogens is 302 g/mol. The highest BCUT2D eigenvalue weighted by atomic mass is 32.2. The third-order valence-corrected chi connectivity index (χ3v) is 6.69. The van der Waals surface area contributed by atoms with Crippen LogP contribution in [0.25, 0.3) is 0 Å².